The Labute approximate surface area is 184 Å². The second-order valence-corrected chi connectivity index (χ2v) is 6.04. The molecule has 1 atom stereocenters. The zero-order chi connectivity index (χ0) is 21.5. The lowest BCUT2D eigenvalue weighted by Gasteiger charge is -2.25. The fourth-order valence-corrected chi connectivity index (χ4v) is 2.24. The number of aromatic nitrogens is 6. The highest BCUT2D eigenvalue weighted by molar-refractivity contribution is 8.93. The fraction of sp³-hybridized carbons (Fsp3) is 0.211. The number of nitrogens with zero attached hydrogens (tertiary/aromatic N) is 3. The van der Waals surface area contributed by atoms with Gasteiger partial charge in [-0.25, -0.2) is 19.7 Å². The predicted octanol–water partition coefficient (Wildman–Crippen LogP) is 3.25. The summed E-state index contributed by atoms with van der Waals surface area (Å²) in [5, 5.41) is 17.7. The Morgan fingerprint density at radius 1 is 0.933 bits per heavy atom. The van der Waals surface area contributed by atoms with E-state index in [1.807, 2.05) is 0 Å². The maximum atomic E-state index is 10.9. The van der Waals surface area contributed by atoms with E-state index >= 15 is 0 Å². The van der Waals surface area contributed by atoms with Crippen LogP contribution in [-0.4, -0.2) is 52.1 Å². The Hall–Kier alpha value is -3.47. The first-order valence-corrected chi connectivity index (χ1v) is 8.50. The molecule has 3 aromatic heterocycles. The minimum Gasteiger partial charge on any atom is -0.481 e. The number of aromatic amines is 3. The molecule has 0 saturated heterocycles. The van der Waals surface area contributed by atoms with Crippen LogP contribution in [0, 0.1) is 5.41 Å². The van der Waals surface area contributed by atoms with Gasteiger partial charge >= 0.3 is 11.9 Å². The zero-order valence-corrected chi connectivity index (χ0v) is 18.2. The van der Waals surface area contributed by atoms with Crippen LogP contribution in [0.15, 0.2) is 79.5 Å². The van der Waals surface area contributed by atoms with Crippen molar-refractivity contribution in [1.29, 1.82) is 0 Å². The number of carboxylic acid groups (broad SMARTS) is 2. The van der Waals surface area contributed by atoms with Crippen LogP contribution in [0.5, 0.6) is 0 Å². The van der Waals surface area contributed by atoms with Crippen molar-refractivity contribution < 1.29 is 19.8 Å². The van der Waals surface area contributed by atoms with Gasteiger partial charge in [-0.3, -0.25) is 4.79 Å². The van der Waals surface area contributed by atoms with E-state index in [0.717, 1.165) is 0 Å². The van der Waals surface area contributed by atoms with Crippen LogP contribution < -0.4 is 0 Å². The summed E-state index contributed by atoms with van der Waals surface area (Å²) in [6, 6.07) is 0. The number of allylic oxidation sites excluding steroid dienone is 2. The van der Waals surface area contributed by atoms with E-state index in [9.17, 15) is 9.59 Å². The van der Waals surface area contributed by atoms with Crippen LogP contribution in [0.1, 0.15) is 20.3 Å². The summed E-state index contributed by atoms with van der Waals surface area (Å²) in [4.78, 5) is 40.9. The lowest BCUT2D eigenvalue weighted by Crippen LogP contribution is -2.29. The Kier molecular flexibility index (Phi) is 12.8. The SMILES string of the molecule is Br.CC1=CC(C)(C(=O)O)CC(C(=O)O)=C1.c1c[nH]cn1.c1c[nH]cn1.c1c[nH]cn1. The summed E-state index contributed by atoms with van der Waals surface area (Å²) in [6.45, 7) is 3.22. The highest BCUT2D eigenvalue weighted by Gasteiger charge is 2.35. The Balaban J connectivity index is 0.000000428. The molecule has 1 aliphatic carbocycles. The molecule has 0 radical (unpaired) electrons. The van der Waals surface area contributed by atoms with Gasteiger partial charge in [0, 0.05) is 42.8 Å². The smallest absolute Gasteiger partial charge is 0.331 e. The number of rotatable bonds is 2. The number of aliphatic carboxylic acids is 2. The van der Waals surface area contributed by atoms with Gasteiger partial charge in [-0.2, -0.15) is 0 Å². The van der Waals surface area contributed by atoms with Gasteiger partial charge in [0.15, 0.2) is 0 Å². The van der Waals surface area contributed by atoms with Gasteiger partial charge in [0.2, 0.25) is 0 Å². The zero-order valence-electron chi connectivity index (χ0n) is 16.5. The molecule has 3 heterocycles. The molecule has 0 saturated carbocycles. The average Bonchev–Trinajstić information content (AvgIpc) is 3.50. The molecule has 0 aromatic carbocycles. The van der Waals surface area contributed by atoms with Crippen molar-refractivity contribution >= 4 is 28.9 Å². The molecule has 10 nitrogen and oxygen atoms in total. The molecule has 0 spiro atoms. The van der Waals surface area contributed by atoms with Crippen molar-refractivity contribution in [2.75, 3.05) is 0 Å². The van der Waals surface area contributed by atoms with Gasteiger partial charge < -0.3 is 25.2 Å². The van der Waals surface area contributed by atoms with E-state index in [-0.39, 0.29) is 29.0 Å². The van der Waals surface area contributed by atoms with Gasteiger partial charge in [0.25, 0.3) is 0 Å². The number of imidazole rings is 3. The summed E-state index contributed by atoms with van der Waals surface area (Å²) in [6.07, 6.45) is 18.4. The van der Waals surface area contributed by atoms with Crippen molar-refractivity contribution in [3.8, 4) is 0 Å². The third-order valence-electron chi connectivity index (χ3n) is 3.49. The first kappa shape index (κ1) is 26.5. The van der Waals surface area contributed by atoms with E-state index in [4.69, 9.17) is 10.2 Å². The van der Waals surface area contributed by atoms with Crippen molar-refractivity contribution in [2.24, 2.45) is 5.41 Å². The van der Waals surface area contributed by atoms with Crippen LogP contribution in [0.3, 0.4) is 0 Å². The monoisotopic (exact) mass is 480 g/mol. The Bertz CT molecular complexity index is 762. The second kappa shape index (κ2) is 14.5. The molecule has 162 valence electrons. The number of H-pyrrole nitrogens is 3. The summed E-state index contributed by atoms with van der Waals surface area (Å²) in [7, 11) is 0. The molecule has 1 unspecified atom stereocenters. The minimum atomic E-state index is -1.09. The average molecular weight is 481 g/mol. The lowest BCUT2D eigenvalue weighted by molar-refractivity contribution is -0.145. The molecular weight excluding hydrogens is 456 g/mol. The molecule has 5 N–H and O–H groups in total. The lowest BCUT2D eigenvalue weighted by atomic mass is 9.78. The molecular formula is C19H25BrN6O4. The maximum absolute atomic E-state index is 10.9. The van der Waals surface area contributed by atoms with E-state index in [0.29, 0.717) is 5.57 Å². The highest BCUT2D eigenvalue weighted by atomic mass is 79.9. The van der Waals surface area contributed by atoms with Crippen molar-refractivity contribution in [1.82, 2.24) is 29.9 Å². The van der Waals surface area contributed by atoms with Gasteiger partial charge in [-0.1, -0.05) is 11.6 Å². The van der Waals surface area contributed by atoms with E-state index < -0.39 is 17.4 Å². The van der Waals surface area contributed by atoms with E-state index in [2.05, 4.69) is 29.9 Å². The fourth-order valence-electron chi connectivity index (χ4n) is 2.24. The van der Waals surface area contributed by atoms with Crippen LogP contribution in [0.4, 0.5) is 0 Å². The maximum Gasteiger partial charge on any atom is 0.331 e. The number of hydrogen-bond acceptors (Lipinski definition) is 5. The quantitative estimate of drug-likeness (QED) is 0.375. The highest BCUT2D eigenvalue weighted by Crippen LogP contribution is 2.34. The van der Waals surface area contributed by atoms with E-state index in [1.54, 1.807) is 69.2 Å². The van der Waals surface area contributed by atoms with Crippen LogP contribution in [0.2, 0.25) is 0 Å². The largest absolute Gasteiger partial charge is 0.481 e. The minimum absolute atomic E-state index is 0. The summed E-state index contributed by atoms with van der Waals surface area (Å²) in [5.74, 6) is -2.05. The summed E-state index contributed by atoms with van der Waals surface area (Å²) >= 11 is 0. The molecule has 1 aliphatic rings. The first-order chi connectivity index (χ1) is 13.8. The summed E-state index contributed by atoms with van der Waals surface area (Å²) in [5.41, 5.74) is -0.263. The van der Waals surface area contributed by atoms with Gasteiger partial charge in [-0.15, -0.1) is 17.0 Å². The predicted molar refractivity (Wildman–Crippen MR) is 116 cm³/mol. The molecule has 0 aliphatic heterocycles. The van der Waals surface area contributed by atoms with Crippen LogP contribution >= 0.6 is 17.0 Å². The van der Waals surface area contributed by atoms with Gasteiger partial charge in [0.1, 0.15) is 0 Å². The number of carbonyl (C=O) groups is 2. The molecule has 0 amide bonds. The van der Waals surface area contributed by atoms with Crippen molar-refractivity contribution in [3.05, 3.63) is 79.5 Å². The number of halogens is 1. The molecule has 3 aromatic rings. The number of carboxylic acids is 2. The third kappa shape index (κ3) is 10.8. The summed E-state index contributed by atoms with van der Waals surface area (Å²) < 4.78 is 0. The number of hydrogen-bond donors (Lipinski definition) is 5. The standard InChI is InChI=1S/C10H12O4.3C3H4N2.BrH/c1-6-3-7(8(11)12)5-10(2,4-6)9(13)14;3*1-2-5-3-4-1;/h3-4H,5H2,1-2H3,(H,11,12)(H,13,14);3*1-3H,(H,4,5);1H. The van der Waals surface area contributed by atoms with Gasteiger partial charge in [-0.05, 0) is 26.3 Å². The Morgan fingerprint density at radius 3 is 1.60 bits per heavy atom. The van der Waals surface area contributed by atoms with Crippen LogP contribution in [-0.2, 0) is 9.59 Å². The first-order valence-electron chi connectivity index (χ1n) is 8.50. The van der Waals surface area contributed by atoms with E-state index in [1.165, 1.54) is 13.0 Å². The molecule has 11 heteroatoms. The van der Waals surface area contributed by atoms with Crippen molar-refractivity contribution in [3.63, 3.8) is 0 Å². The molecule has 0 fully saturated rings. The second-order valence-electron chi connectivity index (χ2n) is 6.04. The molecule has 30 heavy (non-hydrogen) atoms. The third-order valence-corrected chi connectivity index (χ3v) is 3.49. The normalized spacial score (nSPS) is 16.3. The van der Waals surface area contributed by atoms with Crippen molar-refractivity contribution in [2.45, 2.75) is 20.3 Å². The topological polar surface area (TPSA) is 161 Å². The number of nitrogens with one attached hydrogen (secondary N) is 3. The van der Waals surface area contributed by atoms with Crippen LogP contribution in [0.25, 0.3) is 0 Å². The Morgan fingerprint density at radius 2 is 1.37 bits per heavy atom. The molecule has 4 rings (SSSR count). The molecule has 0 bridgehead atoms. The van der Waals surface area contributed by atoms with Gasteiger partial charge in [0.05, 0.1) is 24.4 Å².